The molecule has 4 nitrogen and oxygen atoms in total. The maximum absolute atomic E-state index is 11.7. The van der Waals surface area contributed by atoms with Crippen LogP contribution in [0.1, 0.15) is 25.0 Å². The number of para-hydroxylation sites is 1. The molecule has 126 valence electrons. The van der Waals surface area contributed by atoms with Crippen molar-refractivity contribution in [2.75, 3.05) is 13.7 Å². The number of methoxy groups -OCH3 is 1. The molecule has 0 aliphatic carbocycles. The number of rotatable bonds is 7. The van der Waals surface area contributed by atoms with Crippen LogP contribution in [-0.2, 0) is 4.79 Å². The molecule has 4 heteroatoms. The minimum absolute atomic E-state index is 0.184. The lowest BCUT2D eigenvalue weighted by atomic mass is 10.0. The van der Waals surface area contributed by atoms with E-state index in [4.69, 9.17) is 9.47 Å². The molecular formula is C20H22O4. The lowest BCUT2D eigenvalue weighted by Gasteiger charge is -2.10. The highest BCUT2D eigenvalue weighted by atomic mass is 16.5. The summed E-state index contributed by atoms with van der Waals surface area (Å²) in [4.78, 5) is 11.7. The second-order valence-electron chi connectivity index (χ2n) is 5.84. The third-order valence-corrected chi connectivity index (χ3v) is 3.40. The quantitative estimate of drug-likeness (QED) is 0.607. The highest BCUT2D eigenvalue weighted by Crippen LogP contribution is 2.28. The first-order valence-electron chi connectivity index (χ1n) is 7.82. The van der Waals surface area contributed by atoms with Gasteiger partial charge in [0.05, 0.1) is 19.3 Å². The standard InChI is InChI=1S/C20H22O4/c1-14(2)13-24-16-10-8-15(9-11-16)12-18(20(21)22)17-6-4-5-7-19(17)23-3/h4-12,14H,13H2,1-3H3,(H,21,22)/b18-12-. The Balaban J connectivity index is 2.30. The molecule has 0 amide bonds. The molecule has 0 fully saturated rings. The molecule has 2 aromatic rings. The van der Waals surface area contributed by atoms with Crippen LogP contribution in [0.25, 0.3) is 11.6 Å². The van der Waals surface area contributed by atoms with E-state index in [1.54, 1.807) is 24.3 Å². The highest BCUT2D eigenvalue weighted by molar-refractivity contribution is 6.21. The second-order valence-corrected chi connectivity index (χ2v) is 5.84. The van der Waals surface area contributed by atoms with Crippen LogP contribution in [0.3, 0.4) is 0 Å². The Morgan fingerprint density at radius 2 is 1.79 bits per heavy atom. The van der Waals surface area contributed by atoms with Gasteiger partial charge in [0, 0.05) is 5.56 Å². The maximum atomic E-state index is 11.7. The van der Waals surface area contributed by atoms with E-state index in [-0.39, 0.29) is 5.57 Å². The number of ether oxygens (including phenoxy) is 2. The van der Waals surface area contributed by atoms with E-state index in [0.717, 1.165) is 11.3 Å². The van der Waals surface area contributed by atoms with Crippen molar-refractivity contribution in [3.63, 3.8) is 0 Å². The van der Waals surface area contributed by atoms with E-state index in [2.05, 4.69) is 13.8 Å². The van der Waals surface area contributed by atoms with E-state index in [1.807, 2.05) is 30.3 Å². The lowest BCUT2D eigenvalue weighted by molar-refractivity contribution is -0.130. The van der Waals surface area contributed by atoms with Crippen LogP contribution < -0.4 is 9.47 Å². The average Bonchev–Trinajstić information content (AvgIpc) is 2.58. The molecule has 0 bridgehead atoms. The molecule has 0 aliphatic rings. The van der Waals surface area contributed by atoms with Crippen molar-refractivity contribution in [1.29, 1.82) is 0 Å². The van der Waals surface area contributed by atoms with Gasteiger partial charge in [0.15, 0.2) is 0 Å². The lowest BCUT2D eigenvalue weighted by Crippen LogP contribution is -2.04. The van der Waals surface area contributed by atoms with E-state index < -0.39 is 5.97 Å². The first-order chi connectivity index (χ1) is 11.5. The Hall–Kier alpha value is -2.75. The molecule has 1 N–H and O–H groups in total. The second kappa shape index (κ2) is 8.20. The fourth-order valence-corrected chi connectivity index (χ4v) is 2.21. The molecule has 0 radical (unpaired) electrons. The largest absolute Gasteiger partial charge is 0.496 e. The summed E-state index contributed by atoms with van der Waals surface area (Å²) < 4.78 is 10.9. The van der Waals surface area contributed by atoms with Gasteiger partial charge in [-0.15, -0.1) is 0 Å². The number of aliphatic carboxylic acids is 1. The van der Waals surface area contributed by atoms with Crippen LogP contribution in [0.4, 0.5) is 0 Å². The molecule has 0 saturated heterocycles. The van der Waals surface area contributed by atoms with Crippen molar-refractivity contribution >= 4 is 17.6 Å². The first-order valence-corrected chi connectivity index (χ1v) is 7.82. The zero-order valence-corrected chi connectivity index (χ0v) is 14.2. The number of hydrogen-bond donors (Lipinski definition) is 1. The minimum atomic E-state index is -1.00. The molecule has 24 heavy (non-hydrogen) atoms. The minimum Gasteiger partial charge on any atom is -0.496 e. The van der Waals surface area contributed by atoms with Gasteiger partial charge >= 0.3 is 5.97 Å². The molecule has 0 atom stereocenters. The SMILES string of the molecule is COc1ccccc1/C(=C/c1ccc(OCC(C)C)cc1)C(=O)O. The van der Waals surface area contributed by atoms with E-state index in [0.29, 0.717) is 23.8 Å². The summed E-state index contributed by atoms with van der Waals surface area (Å²) in [5.74, 6) is 0.756. The van der Waals surface area contributed by atoms with Crippen LogP contribution in [0.15, 0.2) is 48.5 Å². The first kappa shape index (κ1) is 17.6. The van der Waals surface area contributed by atoms with Crippen molar-refractivity contribution in [2.45, 2.75) is 13.8 Å². The third-order valence-electron chi connectivity index (χ3n) is 3.40. The number of carboxylic acids is 1. The predicted molar refractivity (Wildman–Crippen MR) is 95.3 cm³/mol. The normalized spacial score (nSPS) is 11.4. The fourth-order valence-electron chi connectivity index (χ4n) is 2.21. The molecule has 0 unspecified atom stereocenters. The highest BCUT2D eigenvalue weighted by Gasteiger charge is 2.14. The van der Waals surface area contributed by atoms with E-state index in [1.165, 1.54) is 7.11 Å². The molecule has 0 heterocycles. The Bertz CT molecular complexity index is 715. The molecule has 2 aromatic carbocycles. The number of carboxylic acid groups (broad SMARTS) is 1. The van der Waals surface area contributed by atoms with Gasteiger partial charge in [-0.1, -0.05) is 44.2 Å². The fraction of sp³-hybridized carbons (Fsp3) is 0.250. The predicted octanol–water partition coefficient (Wildman–Crippen LogP) is 4.36. The number of benzene rings is 2. The summed E-state index contributed by atoms with van der Waals surface area (Å²) in [6.07, 6.45) is 1.63. The summed E-state index contributed by atoms with van der Waals surface area (Å²) in [5.41, 5.74) is 1.52. The van der Waals surface area contributed by atoms with Crippen LogP contribution >= 0.6 is 0 Å². The van der Waals surface area contributed by atoms with Crippen molar-refractivity contribution in [3.05, 3.63) is 59.7 Å². The Labute approximate surface area is 142 Å². The zero-order valence-electron chi connectivity index (χ0n) is 14.2. The Morgan fingerprint density at radius 1 is 1.12 bits per heavy atom. The van der Waals surface area contributed by atoms with Gasteiger partial charge in [0.1, 0.15) is 11.5 Å². The Kier molecular flexibility index (Phi) is 6.01. The summed E-state index contributed by atoms with van der Waals surface area (Å²) in [5, 5.41) is 9.56. The average molecular weight is 326 g/mol. The number of hydrogen-bond acceptors (Lipinski definition) is 3. The van der Waals surface area contributed by atoms with Crippen molar-refractivity contribution in [2.24, 2.45) is 5.92 Å². The van der Waals surface area contributed by atoms with Gasteiger partial charge in [-0.2, -0.15) is 0 Å². The third kappa shape index (κ3) is 4.62. The van der Waals surface area contributed by atoms with Crippen molar-refractivity contribution in [1.82, 2.24) is 0 Å². The van der Waals surface area contributed by atoms with Gasteiger partial charge in [-0.05, 0) is 35.8 Å². The molecule has 2 rings (SSSR count). The monoisotopic (exact) mass is 326 g/mol. The molecule has 0 aliphatic heterocycles. The molecule has 0 saturated carbocycles. The summed E-state index contributed by atoms with van der Waals surface area (Å²) in [6.45, 7) is 4.82. The smallest absolute Gasteiger partial charge is 0.336 e. The summed E-state index contributed by atoms with van der Waals surface area (Å²) in [7, 11) is 1.53. The summed E-state index contributed by atoms with van der Waals surface area (Å²) >= 11 is 0. The van der Waals surface area contributed by atoms with Crippen molar-refractivity contribution < 1.29 is 19.4 Å². The molecule has 0 aromatic heterocycles. The van der Waals surface area contributed by atoms with E-state index in [9.17, 15) is 9.90 Å². The van der Waals surface area contributed by atoms with Gasteiger partial charge in [-0.25, -0.2) is 4.79 Å². The van der Waals surface area contributed by atoms with Crippen LogP contribution in [-0.4, -0.2) is 24.8 Å². The van der Waals surface area contributed by atoms with Gasteiger partial charge in [0.25, 0.3) is 0 Å². The van der Waals surface area contributed by atoms with Gasteiger partial charge in [0.2, 0.25) is 0 Å². The molecule has 0 spiro atoms. The van der Waals surface area contributed by atoms with Crippen molar-refractivity contribution in [3.8, 4) is 11.5 Å². The Morgan fingerprint density at radius 3 is 2.38 bits per heavy atom. The topological polar surface area (TPSA) is 55.8 Å². The van der Waals surface area contributed by atoms with Crippen LogP contribution in [0, 0.1) is 5.92 Å². The van der Waals surface area contributed by atoms with Gasteiger partial charge < -0.3 is 14.6 Å². The zero-order chi connectivity index (χ0) is 17.5. The summed E-state index contributed by atoms with van der Waals surface area (Å²) in [6, 6.07) is 14.4. The van der Waals surface area contributed by atoms with Gasteiger partial charge in [-0.3, -0.25) is 0 Å². The van der Waals surface area contributed by atoms with Crippen LogP contribution in [0.5, 0.6) is 11.5 Å². The molecular weight excluding hydrogens is 304 g/mol. The van der Waals surface area contributed by atoms with Crippen LogP contribution in [0.2, 0.25) is 0 Å². The maximum Gasteiger partial charge on any atom is 0.336 e. The van der Waals surface area contributed by atoms with E-state index >= 15 is 0 Å². The number of carbonyl (C=O) groups is 1.